The number of aromatic nitrogens is 1. The number of hydrogen-bond donors (Lipinski definition) is 2. The molecule has 0 fully saturated rings. The smallest absolute Gasteiger partial charge is 0.312 e. The van der Waals surface area contributed by atoms with Gasteiger partial charge in [0.15, 0.2) is 5.13 Å². The van der Waals surface area contributed by atoms with E-state index in [0.29, 0.717) is 6.42 Å². The molecule has 0 saturated carbocycles. The molecule has 1 aliphatic carbocycles. The molecule has 100 valence electrons. The highest BCUT2D eigenvalue weighted by Crippen LogP contribution is 2.38. The topological polar surface area (TPSA) is 71.5 Å². The van der Waals surface area contributed by atoms with Crippen molar-refractivity contribution in [1.29, 1.82) is 0 Å². The van der Waals surface area contributed by atoms with Crippen LogP contribution in [0.5, 0.6) is 0 Å². The van der Waals surface area contributed by atoms with Gasteiger partial charge in [0, 0.05) is 24.6 Å². The molecule has 18 heavy (non-hydrogen) atoms. The Bertz CT molecular complexity index is 419. The molecule has 5 nitrogen and oxygen atoms in total. The van der Waals surface area contributed by atoms with Crippen LogP contribution < -0.4 is 5.32 Å². The number of carboxylic acid groups (broad SMARTS) is 1. The molecule has 0 aliphatic heterocycles. The van der Waals surface area contributed by atoms with Crippen molar-refractivity contribution in [3.63, 3.8) is 0 Å². The lowest BCUT2D eigenvalue weighted by Gasteiger charge is -2.04. The molecular weight excluding hydrogens is 252 g/mol. The number of ether oxygens (including phenoxy) is 1. The van der Waals surface area contributed by atoms with E-state index >= 15 is 0 Å². The van der Waals surface area contributed by atoms with Crippen LogP contribution >= 0.6 is 11.3 Å². The molecule has 1 aromatic heterocycles. The van der Waals surface area contributed by atoms with E-state index in [1.54, 1.807) is 11.3 Å². The SMILES string of the molecule is CCOCCCNc1nc2c(s1)CCC2C(=O)O. The van der Waals surface area contributed by atoms with Crippen LogP contribution in [-0.4, -0.2) is 35.8 Å². The number of nitrogens with zero attached hydrogens (tertiary/aromatic N) is 1. The highest BCUT2D eigenvalue weighted by molar-refractivity contribution is 7.15. The standard InChI is InChI=1S/C12H18N2O3S/c1-2-17-7-3-6-13-12-14-10-8(11(15)16)4-5-9(10)18-12/h8H,2-7H2,1H3,(H,13,14)(H,15,16). The molecule has 1 atom stereocenters. The predicted molar refractivity (Wildman–Crippen MR) is 70.4 cm³/mol. The molecule has 2 rings (SSSR count). The Kier molecular flexibility index (Phi) is 4.54. The van der Waals surface area contributed by atoms with Gasteiger partial charge in [-0.25, -0.2) is 4.98 Å². The monoisotopic (exact) mass is 270 g/mol. The fraction of sp³-hybridized carbons (Fsp3) is 0.667. The van der Waals surface area contributed by atoms with Crippen LogP contribution in [0.15, 0.2) is 0 Å². The first-order valence-electron chi connectivity index (χ1n) is 6.26. The lowest BCUT2D eigenvalue weighted by Crippen LogP contribution is -2.09. The van der Waals surface area contributed by atoms with Gasteiger partial charge in [-0.1, -0.05) is 0 Å². The van der Waals surface area contributed by atoms with Gasteiger partial charge in [0.05, 0.1) is 5.69 Å². The summed E-state index contributed by atoms with van der Waals surface area (Å²) in [5.74, 6) is -1.17. The number of thiazole rings is 1. The molecule has 0 saturated heterocycles. The van der Waals surface area contributed by atoms with E-state index in [1.165, 1.54) is 0 Å². The Balaban J connectivity index is 1.85. The minimum absolute atomic E-state index is 0.407. The largest absolute Gasteiger partial charge is 0.481 e. The quantitative estimate of drug-likeness (QED) is 0.742. The second-order valence-corrected chi connectivity index (χ2v) is 5.32. The summed E-state index contributed by atoms with van der Waals surface area (Å²) in [6.07, 6.45) is 2.46. The van der Waals surface area contributed by atoms with Gasteiger partial charge in [0.2, 0.25) is 0 Å². The van der Waals surface area contributed by atoms with Crippen LogP contribution in [-0.2, 0) is 16.0 Å². The number of aliphatic carboxylic acids is 1. The first-order valence-corrected chi connectivity index (χ1v) is 7.08. The molecule has 0 spiro atoms. The lowest BCUT2D eigenvalue weighted by molar-refractivity contribution is -0.138. The normalized spacial score (nSPS) is 17.7. The fourth-order valence-electron chi connectivity index (χ4n) is 2.06. The predicted octanol–water partition coefficient (Wildman–Crippen LogP) is 2.10. The van der Waals surface area contributed by atoms with Crippen molar-refractivity contribution in [2.75, 3.05) is 25.1 Å². The maximum Gasteiger partial charge on any atom is 0.312 e. The van der Waals surface area contributed by atoms with Gasteiger partial charge < -0.3 is 15.2 Å². The van der Waals surface area contributed by atoms with Crippen molar-refractivity contribution in [1.82, 2.24) is 4.98 Å². The van der Waals surface area contributed by atoms with Gasteiger partial charge >= 0.3 is 5.97 Å². The van der Waals surface area contributed by atoms with Gasteiger partial charge in [0.1, 0.15) is 5.92 Å². The Morgan fingerprint density at radius 2 is 2.50 bits per heavy atom. The second-order valence-electron chi connectivity index (χ2n) is 4.23. The zero-order chi connectivity index (χ0) is 13.0. The fourth-order valence-corrected chi connectivity index (χ4v) is 3.12. The first-order chi connectivity index (χ1) is 8.72. The van der Waals surface area contributed by atoms with Crippen molar-refractivity contribution in [3.05, 3.63) is 10.6 Å². The number of fused-ring (bicyclic) bond motifs is 1. The third-order valence-electron chi connectivity index (χ3n) is 2.96. The second kappa shape index (κ2) is 6.15. The summed E-state index contributed by atoms with van der Waals surface area (Å²) in [7, 11) is 0. The maximum atomic E-state index is 11.0. The minimum atomic E-state index is -0.762. The van der Waals surface area contributed by atoms with E-state index in [9.17, 15) is 4.79 Å². The number of carboxylic acids is 1. The lowest BCUT2D eigenvalue weighted by atomic mass is 10.1. The Morgan fingerprint density at radius 1 is 1.67 bits per heavy atom. The number of rotatable bonds is 7. The van der Waals surface area contributed by atoms with Crippen LogP contribution in [0.3, 0.4) is 0 Å². The van der Waals surface area contributed by atoms with Crippen molar-refractivity contribution >= 4 is 22.4 Å². The average Bonchev–Trinajstić information content (AvgIpc) is 2.87. The molecule has 1 aromatic rings. The molecule has 1 heterocycles. The molecule has 0 amide bonds. The Hall–Kier alpha value is -1.14. The van der Waals surface area contributed by atoms with Crippen molar-refractivity contribution in [2.24, 2.45) is 0 Å². The molecule has 0 bridgehead atoms. The minimum Gasteiger partial charge on any atom is -0.481 e. The van der Waals surface area contributed by atoms with E-state index in [-0.39, 0.29) is 0 Å². The molecule has 2 N–H and O–H groups in total. The Morgan fingerprint density at radius 3 is 3.22 bits per heavy atom. The number of anilines is 1. The molecule has 1 unspecified atom stereocenters. The number of aryl methyl sites for hydroxylation is 1. The molecule has 0 aromatic carbocycles. The number of hydrogen-bond acceptors (Lipinski definition) is 5. The number of nitrogens with one attached hydrogen (secondary N) is 1. The highest BCUT2D eigenvalue weighted by Gasteiger charge is 2.32. The van der Waals surface area contributed by atoms with Crippen LogP contribution in [0.4, 0.5) is 5.13 Å². The van der Waals surface area contributed by atoms with Gasteiger partial charge in [-0.3, -0.25) is 4.79 Å². The van der Waals surface area contributed by atoms with Gasteiger partial charge in [0.25, 0.3) is 0 Å². The van der Waals surface area contributed by atoms with Crippen LogP contribution in [0, 0.1) is 0 Å². The summed E-state index contributed by atoms with van der Waals surface area (Å²) in [6, 6.07) is 0. The zero-order valence-corrected chi connectivity index (χ0v) is 11.3. The highest BCUT2D eigenvalue weighted by atomic mass is 32.1. The zero-order valence-electron chi connectivity index (χ0n) is 10.4. The third-order valence-corrected chi connectivity index (χ3v) is 4.05. The van der Waals surface area contributed by atoms with E-state index in [4.69, 9.17) is 9.84 Å². The third kappa shape index (κ3) is 3.00. The van der Waals surface area contributed by atoms with E-state index < -0.39 is 11.9 Å². The summed E-state index contributed by atoms with van der Waals surface area (Å²) < 4.78 is 5.25. The van der Waals surface area contributed by atoms with Crippen molar-refractivity contribution in [2.45, 2.75) is 32.1 Å². The van der Waals surface area contributed by atoms with Gasteiger partial charge in [-0.05, 0) is 26.2 Å². The number of carbonyl (C=O) groups is 1. The van der Waals surface area contributed by atoms with E-state index in [1.807, 2.05) is 6.92 Å². The summed E-state index contributed by atoms with van der Waals surface area (Å²) in [5, 5.41) is 13.1. The molecule has 0 radical (unpaired) electrons. The molecule has 6 heteroatoms. The average molecular weight is 270 g/mol. The summed E-state index contributed by atoms with van der Waals surface area (Å²) in [5.41, 5.74) is 0.764. The van der Waals surface area contributed by atoms with E-state index in [0.717, 1.165) is 48.3 Å². The van der Waals surface area contributed by atoms with Crippen molar-refractivity contribution < 1.29 is 14.6 Å². The maximum absolute atomic E-state index is 11.0. The summed E-state index contributed by atoms with van der Waals surface area (Å²) in [6.45, 7) is 4.27. The Labute approximate surface area is 110 Å². The van der Waals surface area contributed by atoms with Gasteiger partial charge in [-0.2, -0.15) is 0 Å². The first kappa shape index (κ1) is 13.3. The van der Waals surface area contributed by atoms with Gasteiger partial charge in [-0.15, -0.1) is 11.3 Å². The molecule has 1 aliphatic rings. The summed E-state index contributed by atoms with van der Waals surface area (Å²) >= 11 is 1.58. The van der Waals surface area contributed by atoms with Crippen LogP contribution in [0.25, 0.3) is 0 Å². The van der Waals surface area contributed by atoms with E-state index in [2.05, 4.69) is 10.3 Å². The summed E-state index contributed by atoms with van der Waals surface area (Å²) in [4.78, 5) is 16.6. The van der Waals surface area contributed by atoms with Crippen molar-refractivity contribution in [3.8, 4) is 0 Å². The molecular formula is C12H18N2O3S. The van der Waals surface area contributed by atoms with Crippen LogP contribution in [0.2, 0.25) is 0 Å². The van der Waals surface area contributed by atoms with Crippen LogP contribution in [0.1, 0.15) is 36.3 Å².